The van der Waals surface area contributed by atoms with Gasteiger partial charge in [0.05, 0.1) is 10.4 Å². The fourth-order valence-electron chi connectivity index (χ4n) is 4.96. The zero-order chi connectivity index (χ0) is 22.8. The van der Waals surface area contributed by atoms with E-state index in [0.717, 1.165) is 59.9 Å². The van der Waals surface area contributed by atoms with Gasteiger partial charge in [-0.15, -0.1) is 0 Å². The number of nitrogens with zero attached hydrogens (tertiary/aromatic N) is 1. The number of piperidine rings is 1. The molecule has 5 rings (SSSR count). The lowest BCUT2D eigenvalue weighted by Crippen LogP contribution is -2.33. The molecule has 0 radical (unpaired) electrons. The number of pyridine rings is 1. The van der Waals surface area contributed by atoms with Crippen LogP contribution in [0.5, 0.6) is 0 Å². The van der Waals surface area contributed by atoms with Gasteiger partial charge >= 0.3 is 0 Å². The van der Waals surface area contributed by atoms with E-state index in [1.807, 2.05) is 42.5 Å². The summed E-state index contributed by atoms with van der Waals surface area (Å²) in [7, 11) is -4.00. The summed E-state index contributed by atoms with van der Waals surface area (Å²) in [6.07, 6.45) is 5.06. The summed E-state index contributed by atoms with van der Waals surface area (Å²) >= 11 is 0. The van der Waals surface area contributed by atoms with E-state index in [1.54, 1.807) is 6.20 Å². The van der Waals surface area contributed by atoms with Gasteiger partial charge in [-0.3, -0.25) is 4.98 Å². The minimum atomic E-state index is -4.00. The molecule has 0 saturated carbocycles. The first-order valence-corrected chi connectivity index (χ1v) is 12.8. The fourth-order valence-corrected chi connectivity index (χ4v) is 6.03. The van der Waals surface area contributed by atoms with Crippen LogP contribution in [-0.2, 0) is 16.4 Å². The third kappa shape index (κ3) is 4.64. The number of hydrogen-bond donors (Lipinski definition) is 6. The van der Waals surface area contributed by atoms with E-state index in [1.165, 1.54) is 0 Å². The summed E-state index contributed by atoms with van der Waals surface area (Å²) in [6, 6.07) is 13.7. The Labute approximate surface area is 193 Å². The lowest BCUT2D eigenvalue weighted by Gasteiger charge is -2.25. The Kier molecular flexibility index (Phi) is 6.39. The Morgan fingerprint density at radius 3 is 2.48 bits per heavy atom. The predicted octanol–water partition coefficient (Wildman–Crippen LogP) is 1.60. The molecule has 2 fully saturated rings. The van der Waals surface area contributed by atoms with Gasteiger partial charge in [0.1, 0.15) is 6.17 Å². The third-order valence-electron chi connectivity index (χ3n) is 6.57. The van der Waals surface area contributed by atoms with Crippen molar-refractivity contribution in [1.82, 2.24) is 32.2 Å². The Hall–Kier alpha value is -2.44. The Balaban J connectivity index is 1.66. The number of primary sulfonamides is 1. The number of nitrogens with one attached hydrogen (secondary N) is 5. The monoisotopic (exact) mass is 467 g/mol. The fraction of sp³-hybridized carbons (Fsp3) is 0.348. The minimum absolute atomic E-state index is 0.185. The number of sulfonamides is 1. The number of hydrogen-bond acceptors (Lipinski definition) is 8. The largest absolute Gasteiger partial charge is 0.317 e. The highest BCUT2D eigenvalue weighted by Gasteiger charge is 2.30. The van der Waals surface area contributed by atoms with Crippen molar-refractivity contribution >= 4 is 20.9 Å². The molecule has 0 spiro atoms. The molecule has 0 unspecified atom stereocenters. The lowest BCUT2D eigenvalue weighted by atomic mass is 9.89. The number of rotatable bonds is 6. The predicted molar refractivity (Wildman–Crippen MR) is 128 cm³/mol. The highest BCUT2D eigenvalue weighted by Crippen LogP contribution is 2.38. The molecule has 33 heavy (non-hydrogen) atoms. The second-order valence-corrected chi connectivity index (χ2v) is 10.1. The van der Waals surface area contributed by atoms with Crippen LogP contribution >= 0.6 is 0 Å². The molecule has 2 saturated heterocycles. The normalized spacial score (nSPS) is 18.2. The number of aryl methyl sites for hydroxylation is 1. The van der Waals surface area contributed by atoms with E-state index in [-0.39, 0.29) is 4.90 Å². The summed E-state index contributed by atoms with van der Waals surface area (Å²) < 4.78 is 26.0. The smallest absolute Gasteiger partial charge is 0.238 e. The minimum Gasteiger partial charge on any atom is -0.317 e. The molecule has 3 aromatic rings. The van der Waals surface area contributed by atoms with E-state index in [4.69, 9.17) is 5.14 Å². The van der Waals surface area contributed by atoms with Gasteiger partial charge in [-0.1, -0.05) is 30.3 Å². The molecule has 9 nitrogen and oxygen atoms in total. The molecule has 1 aromatic heterocycles. The van der Waals surface area contributed by atoms with Gasteiger partial charge in [-0.2, -0.15) is 11.1 Å². The standard InChI is InChI=1S/C23H29N7O2S/c24-33(31,32)22-16(6-5-15-9-12-25-13-10-15)7-8-19(21(22)23-27-29-30-28-23)17-11-14-26-20-4-2-1-3-18(17)20/h1-4,7-8,11,14-15,23,25,27-30H,5-6,9-10,12-13H2,(H2,24,31,32). The SMILES string of the molecule is NS(=O)(=O)c1c(CCC2CCNCC2)ccc(-c2ccnc3ccccc23)c1C1NNNN1. The van der Waals surface area contributed by atoms with E-state index in [2.05, 4.69) is 32.2 Å². The second kappa shape index (κ2) is 9.43. The first-order valence-electron chi connectivity index (χ1n) is 11.3. The summed E-state index contributed by atoms with van der Waals surface area (Å²) in [5, 5.41) is 10.2. The van der Waals surface area contributed by atoms with Crippen molar-refractivity contribution in [2.75, 3.05) is 13.1 Å². The van der Waals surface area contributed by atoms with Crippen molar-refractivity contribution in [3.05, 3.63) is 59.8 Å². The molecule has 7 N–H and O–H groups in total. The molecule has 0 aliphatic carbocycles. The summed E-state index contributed by atoms with van der Waals surface area (Å²) in [4.78, 5) is 4.65. The quantitative estimate of drug-likeness (QED) is 0.322. The molecule has 2 aliphatic heterocycles. The highest BCUT2D eigenvalue weighted by atomic mass is 32.2. The highest BCUT2D eigenvalue weighted by molar-refractivity contribution is 7.89. The van der Waals surface area contributed by atoms with Crippen LogP contribution in [-0.4, -0.2) is 26.5 Å². The number of hydrazine groups is 3. The van der Waals surface area contributed by atoms with E-state index in [9.17, 15) is 8.42 Å². The van der Waals surface area contributed by atoms with Crippen molar-refractivity contribution < 1.29 is 8.42 Å². The van der Waals surface area contributed by atoms with Crippen LogP contribution in [0.2, 0.25) is 0 Å². The van der Waals surface area contributed by atoms with E-state index in [0.29, 0.717) is 17.9 Å². The number of fused-ring (bicyclic) bond motifs is 1. The average Bonchev–Trinajstić information content (AvgIpc) is 3.37. The molecule has 3 heterocycles. The van der Waals surface area contributed by atoms with Gasteiger partial charge in [0.2, 0.25) is 10.0 Å². The van der Waals surface area contributed by atoms with Gasteiger partial charge in [-0.25, -0.2) is 24.4 Å². The average molecular weight is 468 g/mol. The Bertz CT molecular complexity index is 1250. The summed E-state index contributed by atoms with van der Waals surface area (Å²) in [5.74, 6) is 0.581. The van der Waals surface area contributed by atoms with Crippen LogP contribution in [0.15, 0.2) is 53.6 Å². The maximum atomic E-state index is 13.0. The molecular formula is C23H29N7O2S. The first kappa shape index (κ1) is 22.4. The van der Waals surface area contributed by atoms with Gasteiger partial charge in [0.25, 0.3) is 0 Å². The van der Waals surface area contributed by atoms with Gasteiger partial charge in [-0.05, 0) is 73.5 Å². The Morgan fingerprint density at radius 2 is 1.73 bits per heavy atom. The molecule has 2 aromatic carbocycles. The maximum Gasteiger partial charge on any atom is 0.238 e. The molecule has 174 valence electrons. The zero-order valence-corrected chi connectivity index (χ0v) is 19.1. The molecule has 10 heteroatoms. The van der Waals surface area contributed by atoms with E-state index >= 15 is 0 Å². The van der Waals surface area contributed by atoms with Crippen molar-refractivity contribution in [3.8, 4) is 11.1 Å². The van der Waals surface area contributed by atoms with Crippen LogP contribution in [0.4, 0.5) is 0 Å². The van der Waals surface area contributed by atoms with Crippen molar-refractivity contribution in [2.45, 2.75) is 36.7 Å². The zero-order valence-electron chi connectivity index (χ0n) is 18.3. The third-order valence-corrected chi connectivity index (χ3v) is 7.62. The number of para-hydroxylation sites is 1. The lowest BCUT2D eigenvalue weighted by molar-refractivity contribution is 0.353. The van der Waals surface area contributed by atoms with Crippen LogP contribution < -0.4 is 32.4 Å². The maximum absolute atomic E-state index is 13.0. The van der Waals surface area contributed by atoms with Crippen molar-refractivity contribution in [2.24, 2.45) is 11.1 Å². The number of benzene rings is 2. The summed E-state index contributed by atoms with van der Waals surface area (Å²) in [6.45, 7) is 2.03. The van der Waals surface area contributed by atoms with Crippen LogP contribution in [0.1, 0.15) is 36.6 Å². The number of nitrogens with two attached hydrogens (primary N) is 1. The van der Waals surface area contributed by atoms with E-state index < -0.39 is 16.2 Å². The Morgan fingerprint density at radius 1 is 0.970 bits per heavy atom. The number of aromatic nitrogens is 1. The molecule has 2 aliphatic rings. The van der Waals surface area contributed by atoms with Crippen LogP contribution in [0, 0.1) is 5.92 Å². The molecule has 0 amide bonds. The molecule has 0 bridgehead atoms. The van der Waals surface area contributed by atoms with Gasteiger partial charge in [0.15, 0.2) is 0 Å². The second-order valence-electron chi connectivity index (χ2n) is 8.64. The topological polar surface area (TPSA) is 133 Å². The van der Waals surface area contributed by atoms with Crippen LogP contribution in [0.3, 0.4) is 0 Å². The first-order chi connectivity index (χ1) is 16.0. The molecular weight excluding hydrogens is 438 g/mol. The van der Waals surface area contributed by atoms with Crippen molar-refractivity contribution in [1.29, 1.82) is 0 Å². The summed E-state index contributed by atoms with van der Waals surface area (Å²) in [5.41, 5.74) is 15.6. The molecule has 0 atom stereocenters. The van der Waals surface area contributed by atoms with Crippen molar-refractivity contribution in [3.63, 3.8) is 0 Å². The van der Waals surface area contributed by atoms with Crippen LogP contribution in [0.25, 0.3) is 22.0 Å². The van der Waals surface area contributed by atoms with Gasteiger partial charge in [0, 0.05) is 17.1 Å². The van der Waals surface area contributed by atoms with Gasteiger partial charge < -0.3 is 5.32 Å².